The number of nitrogens with zero attached hydrogens (tertiary/aromatic N) is 2. The van der Waals surface area contributed by atoms with Crippen LogP contribution in [0.3, 0.4) is 0 Å². The van der Waals surface area contributed by atoms with Gasteiger partial charge in [-0.2, -0.15) is 0 Å². The van der Waals surface area contributed by atoms with E-state index in [9.17, 15) is 4.79 Å². The van der Waals surface area contributed by atoms with E-state index in [2.05, 4.69) is 10.9 Å². The Hall–Kier alpha value is -2.58. The first-order valence-electron chi connectivity index (χ1n) is 7.45. The molecule has 1 fully saturated rings. The minimum absolute atomic E-state index is 0.0186. The van der Waals surface area contributed by atoms with Gasteiger partial charge in [0.1, 0.15) is 17.7 Å². The van der Waals surface area contributed by atoms with E-state index >= 15 is 0 Å². The molecule has 23 heavy (non-hydrogen) atoms. The summed E-state index contributed by atoms with van der Waals surface area (Å²) in [5.74, 6) is 2.23. The molecule has 0 saturated carbocycles. The maximum atomic E-state index is 12.4. The predicted molar refractivity (Wildman–Crippen MR) is 84.8 cm³/mol. The van der Waals surface area contributed by atoms with Crippen LogP contribution < -0.4 is 0 Å². The van der Waals surface area contributed by atoms with Crippen LogP contribution in [0.5, 0.6) is 0 Å². The van der Waals surface area contributed by atoms with Gasteiger partial charge in [-0.3, -0.25) is 0 Å². The van der Waals surface area contributed by atoms with Gasteiger partial charge in [-0.25, -0.2) is 9.78 Å². The fourth-order valence-corrected chi connectivity index (χ4v) is 2.50. The number of hydrogen-bond donors (Lipinski definition) is 0. The molecule has 0 unspecified atom stereocenters. The van der Waals surface area contributed by atoms with E-state index in [1.54, 1.807) is 10.9 Å². The summed E-state index contributed by atoms with van der Waals surface area (Å²) in [6, 6.07) is 9.90. The normalized spacial score (nSPS) is 16.9. The summed E-state index contributed by atoms with van der Waals surface area (Å²) < 4.78 is 12.3. The molecule has 0 aliphatic carbocycles. The summed E-state index contributed by atoms with van der Waals surface area (Å²) in [6.07, 6.45) is 8.64. The Morgan fingerprint density at radius 3 is 2.83 bits per heavy atom. The fourth-order valence-electron chi connectivity index (χ4n) is 2.50. The maximum Gasteiger partial charge on any atom is 0.356 e. The molecule has 2 aromatic rings. The first-order chi connectivity index (χ1) is 11.2. The van der Waals surface area contributed by atoms with Gasteiger partial charge in [0.15, 0.2) is 0 Å². The van der Waals surface area contributed by atoms with Crippen molar-refractivity contribution in [3.05, 3.63) is 54.1 Å². The molecule has 1 aromatic heterocycles. The highest BCUT2D eigenvalue weighted by atomic mass is 16.5. The molecule has 5 heteroatoms. The van der Waals surface area contributed by atoms with Crippen molar-refractivity contribution in [2.45, 2.75) is 13.0 Å². The number of terminal acetylenes is 1. The second-order valence-electron chi connectivity index (χ2n) is 5.77. The lowest BCUT2D eigenvalue weighted by Crippen LogP contribution is -2.45. The van der Waals surface area contributed by atoms with Gasteiger partial charge in [0.25, 0.3) is 0 Å². The smallest absolute Gasteiger partial charge is 0.356 e. The standard InChI is InChI=1S/C18H18N2O3/c1-3-18(10-22-11-18)12-23-17(21)16-9-19-13-20(16)14(2)15-7-5-4-6-8-15/h1,4-9,13-14H,10-12H2,2H3/t14-/m1/s1. The number of hydrogen-bond acceptors (Lipinski definition) is 4. The predicted octanol–water partition coefficient (Wildman–Crippen LogP) is 2.30. The number of carbonyl (C=O) groups excluding carboxylic acids is 1. The van der Waals surface area contributed by atoms with Gasteiger partial charge >= 0.3 is 5.97 Å². The van der Waals surface area contributed by atoms with E-state index < -0.39 is 11.4 Å². The Morgan fingerprint density at radius 1 is 1.48 bits per heavy atom. The molecule has 1 aromatic carbocycles. The van der Waals surface area contributed by atoms with Gasteiger partial charge in [0.2, 0.25) is 0 Å². The minimum Gasteiger partial charge on any atom is -0.459 e. The van der Waals surface area contributed by atoms with Crippen molar-refractivity contribution in [3.63, 3.8) is 0 Å². The molecule has 3 rings (SSSR count). The Balaban J connectivity index is 1.73. The molecule has 1 atom stereocenters. The molecule has 1 saturated heterocycles. The minimum atomic E-state index is -0.481. The first-order valence-corrected chi connectivity index (χ1v) is 7.45. The van der Waals surface area contributed by atoms with Crippen LogP contribution in [-0.2, 0) is 9.47 Å². The average molecular weight is 310 g/mol. The number of esters is 1. The highest BCUT2D eigenvalue weighted by Crippen LogP contribution is 2.27. The highest BCUT2D eigenvalue weighted by Gasteiger charge is 2.38. The largest absolute Gasteiger partial charge is 0.459 e. The third kappa shape index (κ3) is 2.99. The first kappa shape index (κ1) is 15.3. The van der Waals surface area contributed by atoms with Crippen molar-refractivity contribution < 1.29 is 14.3 Å². The van der Waals surface area contributed by atoms with E-state index in [1.165, 1.54) is 6.20 Å². The molecule has 2 heterocycles. The molecule has 118 valence electrons. The van der Waals surface area contributed by atoms with Crippen LogP contribution in [0.15, 0.2) is 42.9 Å². The third-order valence-corrected chi connectivity index (χ3v) is 4.12. The van der Waals surface area contributed by atoms with E-state index in [0.717, 1.165) is 5.56 Å². The summed E-state index contributed by atoms with van der Waals surface area (Å²) >= 11 is 0. The number of carbonyl (C=O) groups is 1. The molecule has 1 aliphatic heterocycles. The zero-order chi connectivity index (χ0) is 16.3. The van der Waals surface area contributed by atoms with Crippen molar-refractivity contribution >= 4 is 5.97 Å². The van der Waals surface area contributed by atoms with E-state index in [-0.39, 0.29) is 12.6 Å². The number of imidazole rings is 1. The molecule has 1 aliphatic rings. The molecule has 0 bridgehead atoms. The van der Waals surface area contributed by atoms with E-state index in [0.29, 0.717) is 18.9 Å². The third-order valence-electron chi connectivity index (χ3n) is 4.12. The van der Waals surface area contributed by atoms with Gasteiger partial charge in [-0.1, -0.05) is 36.3 Å². The second-order valence-corrected chi connectivity index (χ2v) is 5.77. The SMILES string of the molecule is C#CC1(COC(=O)c2cncn2[C@H](C)c2ccccc2)COC1. The topological polar surface area (TPSA) is 53.3 Å². The summed E-state index contributed by atoms with van der Waals surface area (Å²) in [4.78, 5) is 16.5. The summed E-state index contributed by atoms with van der Waals surface area (Å²) in [5, 5.41) is 0. The Labute approximate surface area is 135 Å². The molecule has 0 radical (unpaired) electrons. The van der Waals surface area contributed by atoms with Crippen LogP contribution in [0.25, 0.3) is 0 Å². The number of ether oxygens (including phenoxy) is 2. The average Bonchev–Trinajstić information content (AvgIpc) is 3.04. The van der Waals surface area contributed by atoms with Crippen LogP contribution >= 0.6 is 0 Å². The molecule has 5 nitrogen and oxygen atoms in total. The molecular formula is C18H18N2O3. The van der Waals surface area contributed by atoms with Gasteiger partial charge in [0.05, 0.1) is 31.8 Å². The van der Waals surface area contributed by atoms with Crippen LogP contribution in [0.1, 0.15) is 29.0 Å². The lowest BCUT2D eigenvalue weighted by atomic mass is 9.88. The van der Waals surface area contributed by atoms with Crippen molar-refractivity contribution in [3.8, 4) is 12.3 Å². The Bertz CT molecular complexity index is 726. The Kier molecular flexibility index (Phi) is 4.18. The van der Waals surface area contributed by atoms with Gasteiger partial charge in [0, 0.05) is 0 Å². The van der Waals surface area contributed by atoms with Crippen LogP contribution in [-0.4, -0.2) is 35.3 Å². The zero-order valence-electron chi connectivity index (χ0n) is 12.9. The van der Waals surface area contributed by atoms with Crippen LogP contribution in [0.2, 0.25) is 0 Å². The van der Waals surface area contributed by atoms with Crippen LogP contribution in [0.4, 0.5) is 0 Å². The fraction of sp³-hybridized carbons (Fsp3) is 0.333. The second kappa shape index (κ2) is 6.27. The van der Waals surface area contributed by atoms with Crippen molar-refractivity contribution in [1.29, 1.82) is 0 Å². The van der Waals surface area contributed by atoms with Crippen molar-refractivity contribution in [2.75, 3.05) is 19.8 Å². The lowest BCUT2D eigenvalue weighted by molar-refractivity contribution is -0.103. The Morgan fingerprint density at radius 2 is 2.22 bits per heavy atom. The van der Waals surface area contributed by atoms with Crippen molar-refractivity contribution in [1.82, 2.24) is 9.55 Å². The maximum absolute atomic E-state index is 12.4. The van der Waals surface area contributed by atoms with E-state index in [1.807, 2.05) is 37.3 Å². The van der Waals surface area contributed by atoms with Gasteiger partial charge in [-0.15, -0.1) is 6.42 Å². The quantitative estimate of drug-likeness (QED) is 0.628. The molecule has 0 amide bonds. The monoisotopic (exact) mass is 310 g/mol. The summed E-state index contributed by atoms with van der Waals surface area (Å²) in [5.41, 5.74) is 1.02. The zero-order valence-corrected chi connectivity index (χ0v) is 12.9. The number of benzene rings is 1. The summed E-state index contributed by atoms with van der Waals surface area (Å²) in [6.45, 7) is 3.02. The molecule has 0 N–H and O–H groups in total. The number of aromatic nitrogens is 2. The van der Waals surface area contributed by atoms with Gasteiger partial charge in [-0.05, 0) is 12.5 Å². The van der Waals surface area contributed by atoms with Crippen LogP contribution in [0, 0.1) is 17.8 Å². The molecular weight excluding hydrogens is 292 g/mol. The van der Waals surface area contributed by atoms with E-state index in [4.69, 9.17) is 15.9 Å². The van der Waals surface area contributed by atoms with Crippen molar-refractivity contribution in [2.24, 2.45) is 5.41 Å². The number of rotatable bonds is 5. The highest BCUT2D eigenvalue weighted by molar-refractivity contribution is 5.87. The molecule has 0 spiro atoms. The van der Waals surface area contributed by atoms with Gasteiger partial charge < -0.3 is 14.0 Å². The lowest BCUT2D eigenvalue weighted by Gasteiger charge is -2.35. The summed E-state index contributed by atoms with van der Waals surface area (Å²) in [7, 11) is 0.